The van der Waals surface area contributed by atoms with E-state index in [0.29, 0.717) is 5.82 Å². The second kappa shape index (κ2) is 4.00. The first-order valence-corrected chi connectivity index (χ1v) is 6.25. The Morgan fingerprint density at radius 2 is 1.70 bits per heavy atom. The molecule has 1 aromatic rings. The third kappa shape index (κ3) is 1.57. The van der Waals surface area contributed by atoms with Crippen LogP contribution >= 0.6 is 0 Å². The maximum atomic E-state index is 12.2. The van der Waals surface area contributed by atoms with E-state index in [9.17, 15) is 9.59 Å². The molecule has 0 bridgehead atoms. The predicted molar refractivity (Wildman–Crippen MR) is 76.1 cm³/mol. The Balaban J connectivity index is 2.65. The summed E-state index contributed by atoms with van der Waals surface area (Å²) in [5.41, 5.74) is 2.93. The molecule has 0 unspecified atom stereocenters. The molecule has 6 heteroatoms. The number of hydrogen-bond donors (Lipinski definition) is 0. The molecule has 0 atom stereocenters. The third-order valence-electron chi connectivity index (χ3n) is 3.53. The van der Waals surface area contributed by atoms with Crippen molar-refractivity contribution in [2.24, 2.45) is 14.1 Å². The van der Waals surface area contributed by atoms with E-state index in [1.807, 2.05) is 26.0 Å². The first-order chi connectivity index (χ1) is 9.40. The van der Waals surface area contributed by atoms with Gasteiger partial charge in [0.05, 0.1) is 11.0 Å². The summed E-state index contributed by atoms with van der Waals surface area (Å²) in [6, 6.07) is 3.99. The van der Waals surface area contributed by atoms with Crippen molar-refractivity contribution in [1.82, 2.24) is 19.1 Å². The van der Waals surface area contributed by atoms with Crippen LogP contribution in [0.2, 0.25) is 0 Å². The second-order valence-electron chi connectivity index (χ2n) is 5.05. The molecule has 102 valence electrons. The number of aryl methyl sites for hydroxylation is 3. The van der Waals surface area contributed by atoms with Gasteiger partial charge in [0.2, 0.25) is 0 Å². The fraction of sp³-hybridized carbons (Fsp3) is 0.286. The minimum atomic E-state index is -0.566. The van der Waals surface area contributed by atoms with Crippen molar-refractivity contribution < 1.29 is 0 Å². The molecule has 0 radical (unpaired) electrons. The van der Waals surface area contributed by atoms with Crippen molar-refractivity contribution in [2.45, 2.75) is 13.8 Å². The monoisotopic (exact) mass is 270 g/mol. The van der Waals surface area contributed by atoms with E-state index in [4.69, 9.17) is 0 Å². The summed E-state index contributed by atoms with van der Waals surface area (Å²) in [6.45, 7) is 3.95. The lowest BCUT2D eigenvalue weighted by molar-refractivity contribution is 0.748. The lowest BCUT2D eigenvalue weighted by atomic mass is 10.1. The summed E-state index contributed by atoms with van der Waals surface area (Å²) in [5, 5.41) is 0. The molecule has 0 saturated carbocycles. The van der Waals surface area contributed by atoms with E-state index >= 15 is 0 Å². The van der Waals surface area contributed by atoms with Crippen molar-refractivity contribution in [3.05, 3.63) is 44.1 Å². The Morgan fingerprint density at radius 1 is 1.00 bits per heavy atom. The predicted octanol–water partition coefficient (Wildman–Crippen LogP) is 0.749. The van der Waals surface area contributed by atoms with E-state index in [0.717, 1.165) is 26.7 Å². The number of aromatic nitrogens is 4. The lowest BCUT2D eigenvalue weighted by Gasteiger charge is -2.15. The number of hydrogen-bond acceptors (Lipinski definition) is 4. The van der Waals surface area contributed by atoms with Crippen molar-refractivity contribution >= 4 is 11.0 Å². The SMILES string of the molecule is Cc1cc(C)c2nc3c(=O)n(C)c(=O)nc-3n(C)c2c1. The summed E-state index contributed by atoms with van der Waals surface area (Å²) in [6.07, 6.45) is 0. The molecule has 1 aromatic carbocycles. The highest BCUT2D eigenvalue weighted by Gasteiger charge is 2.19. The molecular weight excluding hydrogens is 256 g/mol. The molecule has 0 saturated heterocycles. The normalized spacial score (nSPS) is 11.4. The van der Waals surface area contributed by atoms with Gasteiger partial charge in [-0.25, -0.2) is 9.78 Å². The van der Waals surface area contributed by atoms with E-state index in [-0.39, 0.29) is 5.69 Å². The molecule has 2 aliphatic heterocycles. The van der Waals surface area contributed by atoms with Gasteiger partial charge in [-0.05, 0) is 31.0 Å². The van der Waals surface area contributed by atoms with Gasteiger partial charge in [-0.15, -0.1) is 0 Å². The second-order valence-corrected chi connectivity index (χ2v) is 5.05. The van der Waals surface area contributed by atoms with E-state index in [1.165, 1.54) is 7.05 Å². The number of benzene rings is 1. The van der Waals surface area contributed by atoms with Gasteiger partial charge in [0.1, 0.15) is 0 Å². The van der Waals surface area contributed by atoms with E-state index < -0.39 is 11.2 Å². The summed E-state index contributed by atoms with van der Waals surface area (Å²) >= 11 is 0. The van der Waals surface area contributed by atoms with Crippen molar-refractivity contribution in [2.75, 3.05) is 0 Å². The molecule has 0 spiro atoms. The van der Waals surface area contributed by atoms with Crippen LogP contribution in [-0.4, -0.2) is 19.1 Å². The van der Waals surface area contributed by atoms with Gasteiger partial charge in [-0.1, -0.05) is 6.07 Å². The molecule has 3 rings (SSSR count). The molecule has 0 N–H and O–H groups in total. The van der Waals surface area contributed by atoms with E-state index in [1.54, 1.807) is 11.6 Å². The summed E-state index contributed by atoms with van der Waals surface area (Å²) < 4.78 is 2.73. The van der Waals surface area contributed by atoms with Crippen molar-refractivity contribution in [3.8, 4) is 11.5 Å². The Bertz CT molecular complexity index is 937. The minimum Gasteiger partial charge on any atom is -0.325 e. The lowest BCUT2D eigenvalue weighted by Crippen LogP contribution is -2.36. The first-order valence-electron chi connectivity index (χ1n) is 6.25. The average molecular weight is 270 g/mol. The van der Waals surface area contributed by atoms with Gasteiger partial charge in [0.15, 0.2) is 11.5 Å². The fourth-order valence-electron chi connectivity index (χ4n) is 2.46. The molecule has 0 aromatic heterocycles. The quantitative estimate of drug-likeness (QED) is 0.565. The maximum absolute atomic E-state index is 12.2. The highest BCUT2D eigenvalue weighted by Crippen LogP contribution is 2.23. The Kier molecular flexibility index (Phi) is 2.50. The van der Waals surface area contributed by atoms with Crippen LogP contribution in [0.5, 0.6) is 0 Å². The van der Waals surface area contributed by atoms with Crippen molar-refractivity contribution in [3.63, 3.8) is 0 Å². The number of fused-ring (bicyclic) bond motifs is 2. The Morgan fingerprint density at radius 3 is 2.40 bits per heavy atom. The van der Waals surface area contributed by atoms with Crippen LogP contribution < -0.4 is 11.2 Å². The smallest absolute Gasteiger partial charge is 0.325 e. The molecule has 2 heterocycles. The van der Waals surface area contributed by atoms with Crippen LogP contribution in [0.15, 0.2) is 21.7 Å². The molecule has 0 amide bonds. The zero-order valence-electron chi connectivity index (χ0n) is 11.8. The zero-order chi connectivity index (χ0) is 14.6. The van der Waals surface area contributed by atoms with E-state index in [2.05, 4.69) is 9.97 Å². The van der Waals surface area contributed by atoms with Gasteiger partial charge in [0, 0.05) is 14.1 Å². The fourth-order valence-corrected chi connectivity index (χ4v) is 2.46. The standard InChI is InChI=1S/C14H14N4O2/c1-7-5-8(2)10-9(6-7)17(3)12-11(15-10)13(19)18(4)14(20)16-12/h5-6H,1-4H3. The minimum absolute atomic E-state index is 0.217. The zero-order valence-corrected chi connectivity index (χ0v) is 11.8. The first kappa shape index (κ1) is 12.5. The summed E-state index contributed by atoms with van der Waals surface area (Å²) in [7, 11) is 3.20. The number of nitrogens with zero attached hydrogens (tertiary/aromatic N) is 4. The number of rotatable bonds is 0. The van der Waals surface area contributed by atoms with Crippen LogP contribution in [0.4, 0.5) is 0 Å². The maximum Gasteiger partial charge on any atom is 0.352 e. The molecule has 0 fully saturated rings. The average Bonchev–Trinajstić information content (AvgIpc) is 2.39. The van der Waals surface area contributed by atoms with Gasteiger partial charge in [-0.2, -0.15) is 4.98 Å². The molecule has 20 heavy (non-hydrogen) atoms. The molecule has 6 nitrogen and oxygen atoms in total. The highest BCUT2D eigenvalue weighted by atomic mass is 16.2. The Labute approximate surface area is 114 Å². The van der Waals surface area contributed by atoms with Crippen molar-refractivity contribution in [1.29, 1.82) is 0 Å². The molecular formula is C14H14N4O2. The largest absolute Gasteiger partial charge is 0.352 e. The topological polar surface area (TPSA) is 69.8 Å². The third-order valence-corrected chi connectivity index (χ3v) is 3.53. The van der Waals surface area contributed by atoms with Gasteiger partial charge in [-0.3, -0.25) is 9.36 Å². The molecule has 0 aliphatic carbocycles. The van der Waals surface area contributed by atoms with Gasteiger partial charge in [0.25, 0.3) is 5.56 Å². The summed E-state index contributed by atoms with van der Waals surface area (Å²) in [5.74, 6) is 0.315. The van der Waals surface area contributed by atoms with Crippen LogP contribution in [-0.2, 0) is 14.1 Å². The molecule has 2 aliphatic rings. The Hall–Kier alpha value is -2.50. The van der Waals surface area contributed by atoms with Gasteiger partial charge >= 0.3 is 5.69 Å². The van der Waals surface area contributed by atoms with Gasteiger partial charge < -0.3 is 4.57 Å². The van der Waals surface area contributed by atoms with Crippen LogP contribution in [0.1, 0.15) is 11.1 Å². The summed E-state index contributed by atoms with van der Waals surface area (Å²) in [4.78, 5) is 32.2. The van der Waals surface area contributed by atoms with Crippen LogP contribution in [0.3, 0.4) is 0 Å². The van der Waals surface area contributed by atoms with Crippen LogP contribution in [0, 0.1) is 13.8 Å². The highest BCUT2D eigenvalue weighted by molar-refractivity contribution is 5.82. The van der Waals surface area contributed by atoms with Crippen LogP contribution in [0.25, 0.3) is 22.6 Å².